The number of halogens is 4. The molecule has 4 nitrogen and oxygen atoms in total. The number of nitrogens with one attached hydrogen (secondary N) is 2. The number of carbonyl (C=O) groups is 2. The number of rotatable bonds is 5. The molecule has 132 valence electrons. The highest BCUT2D eigenvalue weighted by Gasteiger charge is 2.16. The standard InChI is InChI=1S/C17H14F4N2O2/c1-9(12-4-2-10(18)6-14(12)20)23-16(24)8-22-17(25)13-5-3-11(19)7-15(13)21/h2-7,9H,8H2,1H3,(H,22,25)(H,23,24). The lowest BCUT2D eigenvalue weighted by Crippen LogP contribution is -2.38. The van der Waals surface area contributed by atoms with Crippen molar-refractivity contribution in [3.8, 4) is 0 Å². The monoisotopic (exact) mass is 354 g/mol. The predicted octanol–water partition coefficient (Wildman–Crippen LogP) is 2.85. The van der Waals surface area contributed by atoms with Gasteiger partial charge in [-0.25, -0.2) is 17.6 Å². The Bertz CT molecular complexity index is 811. The van der Waals surface area contributed by atoms with Gasteiger partial charge in [0.1, 0.15) is 23.3 Å². The highest BCUT2D eigenvalue weighted by Crippen LogP contribution is 2.17. The number of amides is 2. The summed E-state index contributed by atoms with van der Waals surface area (Å²) in [5.41, 5.74) is -0.336. The second-order valence-corrected chi connectivity index (χ2v) is 5.26. The molecule has 0 saturated heterocycles. The summed E-state index contributed by atoms with van der Waals surface area (Å²) in [4.78, 5) is 23.6. The Labute approximate surface area is 140 Å². The van der Waals surface area contributed by atoms with Crippen molar-refractivity contribution in [3.63, 3.8) is 0 Å². The van der Waals surface area contributed by atoms with E-state index >= 15 is 0 Å². The Morgan fingerprint density at radius 3 is 2.16 bits per heavy atom. The minimum Gasteiger partial charge on any atom is -0.348 e. The maximum absolute atomic E-state index is 13.6. The second-order valence-electron chi connectivity index (χ2n) is 5.26. The SMILES string of the molecule is CC(NC(=O)CNC(=O)c1ccc(F)cc1F)c1ccc(F)cc1F. The first-order chi connectivity index (χ1) is 11.8. The first-order valence-corrected chi connectivity index (χ1v) is 7.25. The zero-order valence-electron chi connectivity index (χ0n) is 13.1. The molecule has 0 aliphatic heterocycles. The van der Waals surface area contributed by atoms with Gasteiger partial charge in [-0.1, -0.05) is 6.07 Å². The minimum absolute atomic E-state index is 0.0747. The molecule has 1 unspecified atom stereocenters. The highest BCUT2D eigenvalue weighted by atomic mass is 19.1. The third-order valence-corrected chi connectivity index (χ3v) is 3.39. The lowest BCUT2D eigenvalue weighted by molar-refractivity contribution is -0.120. The molecule has 8 heteroatoms. The smallest absolute Gasteiger partial charge is 0.254 e. The molecule has 0 aliphatic rings. The van der Waals surface area contributed by atoms with Crippen LogP contribution in [0.1, 0.15) is 28.9 Å². The molecule has 0 spiro atoms. The number of hydrogen-bond acceptors (Lipinski definition) is 2. The first-order valence-electron chi connectivity index (χ1n) is 7.25. The summed E-state index contributed by atoms with van der Waals surface area (Å²) in [6, 6.07) is 4.59. The van der Waals surface area contributed by atoms with Crippen molar-refractivity contribution in [3.05, 3.63) is 70.8 Å². The molecule has 2 aromatic rings. The van der Waals surface area contributed by atoms with Crippen LogP contribution in [0.4, 0.5) is 17.6 Å². The van der Waals surface area contributed by atoms with Crippen LogP contribution in [0, 0.1) is 23.3 Å². The van der Waals surface area contributed by atoms with Gasteiger partial charge in [0.05, 0.1) is 18.2 Å². The average Bonchev–Trinajstić information content (AvgIpc) is 2.52. The van der Waals surface area contributed by atoms with Gasteiger partial charge in [-0.05, 0) is 25.1 Å². The molecular weight excluding hydrogens is 340 g/mol. The number of benzene rings is 2. The van der Waals surface area contributed by atoms with Crippen molar-refractivity contribution in [2.45, 2.75) is 13.0 Å². The lowest BCUT2D eigenvalue weighted by Gasteiger charge is -2.15. The van der Waals surface area contributed by atoms with E-state index < -0.39 is 53.2 Å². The largest absolute Gasteiger partial charge is 0.348 e. The third-order valence-electron chi connectivity index (χ3n) is 3.39. The van der Waals surface area contributed by atoms with Crippen LogP contribution < -0.4 is 10.6 Å². The number of carbonyl (C=O) groups excluding carboxylic acids is 2. The molecule has 0 heterocycles. The van der Waals surface area contributed by atoms with Crippen molar-refractivity contribution in [1.29, 1.82) is 0 Å². The molecule has 0 radical (unpaired) electrons. The van der Waals surface area contributed by atoms with Crippen LogP contribution in [0.5, 0.6) is 0 Å². The summed E-state index contributed by atoms with van der Waals surface area (Å²) >= 11 is 0. The van der Waals surface area contributed by atoms with E-state index in [0.717, 1.165) is 18.2 Å². The summed E-state index contributed by atoms with van der Waals surface area (Å²) < 4.78 is 52.8. The average molecular weight is 354 g/mol. The number of hydrogen-bond donors (Lipinski definition) is 2. The van der Waals surface area contributed by atoms with Crippen molar-refractivity contribution in [1.82, 2.24) is 10.6 Å². The van der Waals surface area contributed by atoms with Gasteiger partial charge in [-0.2, -0.15) is 0 Å². The predicted molar refractivity (Wildman–Crippen MR) is 81.6 cm³/mol. The zero-order valence-corrected chi connectivity index (χ0v) is 13.1. The minimum atomic E-state index is -1.06. The zero-order chi connectivity index (χ0) is 18.6. The second kappa shape index (κ2) is 7.78. The molecule has 2 aromatic carbocycles. The summed E-state index contributed by atoms with van der Waals surface area (Å²) in [5.74, 6) is -5.00. The molecule has 2 amide bonds. The normalized spacial score (nSPS) is 11.7. The molecule has 0 aliphatic carbocycles. The van der Waals surface area contributed by atoms with E-state index in [1.54, 1.807) is 0 Å². The molecule has 0 aromatic heterocycles. The van der Waals surface area contributed by atoms with Crippen LogP contribution in [0.2, 0.25) is 0 Å². The Morgan fingerprint density at radius 1 is 0.960 bits per heavy atom. The van der Waals surface area contributed by atoms with E-state index in [1.807, 2.05) is 0 Å². The van der Waals surface area contributed by atoms with Gasteiger partial charge in [-0.15, -0.1) is 0 Å². The molecular formula is C17H14F4N2O2. The van der Waals surface area contributed by atoms with Crippen LogP contribution in [0.15, 0.2) is 36.4 Å². The first kappa shape index (κ1) is 18.4. The van der Waals surface area contributed by atoms with E-state index in [1.165, 1.54) is 13.0 Å². The Balaban J connectivity index is 1.92. The van der Waals surface area contributed by atoms with Crippen LogP contribution in [-0.2, 0) is 4.79 Å². The van der Waals surface area contributed by atoms with Crippen LogP contribution in [-0.4, -0.2) is 18.4 Å². The quantitative estimate of drug-likeness (QED) is 0.812. The Kier molecular flexibility index (Phi) is 5.74. The maximum atomic E-state index is 13.6. The lowest BCUT2D eigenvalue weighted by atomic mass is 10.1. The Hall–Kier alpha value is -2.90. The van der Waals surface area contributed by atoms with Crippen molar-refractivity contribution in [2.24, 2.45) is 0 Å². The van der Waals surface area contributed by atoms with Crippen LogP contribution in [0.25, 0.3) is 0 Å². The van der Waals surface area contributed by atoms with Gasteiger partial charge in [0.2, 0.25) is 5.91 Å². The maximum Gasteiger partial charge on any atom is 0.254 e. The van der Waals surface area contributed by atoms with E-state index in [-0.39, 0.29) is 5.56 Å². The summed E-state index contributed by atoms with van der Waals surface area (Å²) in [6.07, 6.45) is 0. The van der Waals surface area contributed by atoms with E-state index in [2.05, 4.69) is 10.6 Å². The molecule has 0 saturated carbocycles. The summed E-state index contributed by atoms with van der Waals surface area (Å²) in [7, 11) is 0. The van der Waals surface area contributed by atoms with Gasteiger partial charge in [0.15, 0.2) is 0 Å². The van der Waals surface area contributed by atoms with Gasteiger partial charge >= 0.3 is 0 Å². The summed E-state index contributed by atoms with van der Waals surface area (Å²) in [6.45, 7) is 0.985. The highest BCUT2D eigenvalue weighted by molar-refractivity contribution is 5.96. The molecule has 1 atom stereocenters. The van der Waals surface area contributed by atoms with Crippen molar-refractivity contribution < 1.29 is 27.2 Å². The fourth-order valence-electron chi connectivity index (χ4n) is 2.15. The van der Waals surface area contributed by atoms with E-state index in [9.17, 15) is 27.2 Å². The van der Waals surface area contributed by atoms with Crippen LogP contribution in [0.3, 0.4) is 0 Å². The van der Waals surface area contributed by atoms with Gasteiger partial charge in [0, 0.05) is 17.7 Å². The molecule has 0 bridgehead atoms. The van der Waals surface area contributed by atoms with Gasteiger partial charge in [-0.3, -0.25) is 9.59 Å². The molecule has 2 rings (SSSR count). The van der Waals surface area contributed by atoms with Crippen molar-refractivity contribution in [2.75, 3.05) is 6.54 Å². The molecule has 25 heavy (non-hydrogen) atoms. The Morgan fingerprint density at radius 2 is 1.56 bits per heavy atom. The van der Waals surface area contributed by atoms with Gasteiger partial charge in [0.25, 0.3) is 5.91 Å². The molecule has 0 fully saturated rings. The fraction of sp³-hybridized carbons (Fsp3) is 0.176. The third kappa shape index (κ3) is 4.79. The van der Waals surface area contributed by atoms with E-state index in [0.29, 0.717) is 12.1 Å². The summed E-state index contributed by atoms with van der Waals surface area (Å²) in [5, 5.41) is 4.59. The van der Waals surface area contributed by atoms with Crippen LogP contribution >= 0.6 is 0 Å². The van der Waals surface area contributed by atoms with Crippen molar-refractivity contribution >= 4 is 11.8 Å². The van der Waals surface area contributed by atoms with E-state index in [4.69, 9.17) is 0 Å². The molecule has 2 N–H and O–H groups in total. The topological polar surface area (TPSA) is 58.2 Å². The van der Waals surface area contributed by atoms with Gasteiger partial charge < -0.3 is 10.6 Å². The fourth-order valence-corrected chi connectivity index (χ4v) is 2.15.